The van der Waals surface area contributed by atoms with Crippen LogP contribution in [-0.4, -0.2) is 65.4 Å². The van der Waals surface area contributed by atoms with E-state index in [1.54, 1.807) is 12.4 Å². The van der Waals surface area contributed by atoms with E-state index in [1.807, 2.05) is 13.0 Å². The number of amides is 1. The molecule has 1 saturated carbocycles. The molecular weight excluding hydrogens is 282 g/mol. The van der Waals surface area contributed by atoms with Crippen molar-refractivity contribution in [2.45, 2.75) is 38.0 Å². The van der Waals surface area contributed by atoms with Gasteiger partial charge in [-0.15, -0.1) is 0 Å². The van der Waals surface area contributed by atoms with Gasteiger partial charge in [0.05, 0.1) is 30.9 Å². The molecule has 2 N–H and O–H groups in total. The first-order chi connectivity index (χ1) is 10.6. The molecule has 2 heterocycles. The molecule has 3 atom stereocenters. The number of pyridine rings is 1. The fraction of sp³-hybridized carbons (Fsp3) is 0.625. The van der Waals surface area contributed by atoms with E-state index in [9.17, 15) is 9.90 Å². The Balaban J connectivity index is 1.60. The summed E-state index contributed by atoms with van der Waals surface area (Å²) in [5.41, 5.74) is 1.49. The molecule has 0 spiro atoms. The third-order valence-corrected chi connectivity index (χ3v) is 4.55. The molecule has 1 aliphatic carbocycles. The molecule has 0 aromatic carbocycles. The van der Waals surface area contributed by atoms with Gasteiger partial charge in [-0.1, -0.05) is 0 Å². The summed E-state index contributed by atoms with van der Waals surface area (Å²) in [7, 11) is 0. The van der Waals surface area contributed by atoms with E-state index in [1.165, 1.54) is 0 Å². The number of ether oxygens (including phenoxy) is 1. The quantitative estimate of drug-likeness (QED) is 0.842. The van der Waals surface area contributed by atoms with Crippen molar-refractivity contribution in [2.24, 2.45) is 0 Å². The summed E-state index contributed by atoms with van der Waals surface area (Å²) in [6.07, 6.45) is 4.45. The maximum atomic E-state index is 12.3. The zero-order valence-electron chi connectivity index (χ0n) is 12.9. The first kappa shape index (κ1) is 15.4. The van der Waals surface area contributed by atoms with Gasteiger partial charge >= 0.3 is 0 Å². The molecular formula is C16H23N3O3. The zero-order valence-corrected chi connectivity index (χ0v) is 12.9. The Kier molecular flexibility index (Phi) is 4.71. The van der Waals surface area contributed by atoms with E-state index in [0.29, 0.717) is 5.56 Å². The minimum Gasteiger partial charge on any atom is -0.389 e. The minimum atomic E-state index is -0.528. The lowest BCUT2D eigenvalue weighted by Gasteiger charge is -2.34. The predicted molar refractivity (Wildman–Crippen MR) is 81.6 cm³/mol. The van der Waals surface area contributed by atoms with Crippen molar-refractivity contribution in [3.8, 4) is 0 Å². The van der Waals surface area contributed by atoms with E-state index in [0.717, 1.165) is 44.7 Å². The fourth-order valence-electron chi connectivity index (χ4n) is 3.36. The van der Waals surface area contributed by atoms with E-state index >= 15 is 0 Å². The Bertz CT molecular complexity index is 531. The molecule has 6 heteroatoms. The molecule has 0 bridgehead atoms. The molecule has 0 unspecified atom stereocenters. The number of aromatic nitrogens is 1. The van der Waals surface area contributed by atoms with Gasteiger partial charge in [0, 0.05) is 31.5 Å². The number of morpholine rings is 1. The van der Waals surface area contributed by atoms with Crippen LogP contribution < -0.4 is 5.32 Å². The Morgan fingerprint density at radius 3 is 2.86 bits per heavy atom. The number of aliphatic hydroxyl groups is 1. The summed E-state index contributed by atoms with van der Waals surface area (Å²) < 4.78 is 5.35. The van der Waals surface area contributed by atoms with Crippen molar-refractivity contribution in [1.82, 2.24) is 15.2 Å². The first-order valence-electron chi connectivity index (χ1n) is 7.87. The summed E-state index contributed by atoms with van der Waals surface area (Å²) in [5, 5.41) is 13.5. The number of aryl methyl sites for hydroxylation is 1. The van der Waals surface area contributed by atoms with Gasteiger partial charge in [0.15, 0.2) is 0 Å². The highest BCUT2D eigenvalue weighted by atomic mass is 16.5. The van der Waals surface area contributed by atoms with Crippen LogP contribution in [0.1, 0.15) is 28.8 Å². The van der Waals surface area contributed by atoms with Crippen LogP contribution in [0.15, 0.2) is 18.5 Å². The Labute approximate surface area is 130 Å². The van der Waals surface area contributed by atoms with Gasteiger partial charge in [0.2, 0.25) is 0 Å². The van der Waals surface area contributed by atoms with Crippen molar-refractivity contribution >= 4 is 5.91 Å². The van der Waals surface area contributed by atoms with Gasteiger partial charge in [-0.25, -0.2) is 0 Å². The lowest BCUT2D eigenvalue weighted by molar-refractivity contribution is -0.0154. The molecule has 1 saturated heterocycles. The van der Waals surface area contributed by atoms with Crippen molar-refractivity contribution in [1.29, 1.82) is 0 Å². The Hall–Kier alpha value is -1.50. The molecule has 1 aromatic rings. The molecule has 2 aliphatic rings. The fourth-order valence-corrected chi connectivity index (χ4v) is 3.36. The van der Waals surface area contributed by atoms with Crippen LogP contribution in [-0.2, 0) is 4.74 Å². The second-order valence-electron chi connectivity index (χ2n) is 6.11. The second kappa shape index (κ2) is 6.73. The molecule has 1 aliphatic heterocycles. The largest absolute Gasteiger partial charge is 0.389 e. The summed E-state index contributed by atoms with van der Waals surface area (Å²) in [5.74, 6) is -0.164. The summed E-state index contributed by atoms with van der Waals surface area (Å²) >= 11 is 0. The SMILES string of the molecule is Cc1cncc(C(=O)N[C@@H]2CC[C@@H](N3CCOCC3)[C@@H]2O)c1. The van der Waals surface area contributed by atoms with Crippen molar-refractivity contribution < 1.29 is 14.6 Å². The van der Waals surface area contributed by atoms with Crippen molar-refractivity contribution in [3.05, 3.63) is 29.6 Å². The van der Waals surface area contributed by atoms with Crippen LogP contribution in [0.25, 0.3) is 0 Å². The van der Waals surface area contributed by atoms with Gasteiger partial charge in [0.1, 0.15) is 0 Å². The molecule has 3 rings (SSSR count). The summed E-state index contributed by atoms with van der Waals surface area (Å²) in [4.78, 5) is 18.6. The predicted octanol–water partition coefficient (Wildman–Crippen LogP) is 0.344. The van der Waals surface area contributed by atoms with Gasteiger partial charge in [-0.05, 0) is 31.4 Å². The third kappa shape index (κ3) is 3.29. The highest BCUT2D eigenvalue weighted by molar-refractivity contribution is 5.94. The number of nitrogens with zero attached hydrogens (tertiary/aromatic N) is 2. The summed E-state index contributed by atoms with van der Waals surface area (Å²) in [6, 6.07) is 1.73. The topological polar surface area (TPSA) is 74.7 Å². The van der Waals surface area contributed by atoms with Crippen LogP contribution in [0.5, 0.6) is 0 Å². The second-order valence-corrected chi connectivity index (χ2v) is 6.11. The maximum Gasteiger partial charge on any atom is 0.253 e. The Morgan fingerprint density at radius 1 is 1.36 bits per heavy atom. The molecule has 2 fully saturated rings. The van der Waals surface area contributed by atoms with Crippen LogP contribution in [0.2, 0.25) is 0 Å². The summed E-state index contributed by atoms with van der Waals surface area (Å²) in [6.45, 7) is 5.04. The van der Waals surface area contributed by atoms with Crippen molar-refractivity contribution in [2.75, 3.05) is 26.3 Å². The van der Waals surface area contributed by atoms with Crippen LogP contribution in [0.4, 0.5) is 0 Å². The normalized spacial score (nSPS) is 29.5. The molecule has 6 nitrogen and oxygen atoms in total. The monoisotopic (exact) mass is 305 g/mol. The number of rotatable bonds is 3. The zero-order chi connectivity index (χ0) is 15.5. The highest BCUT2D eigenvalue weighted by Gasteiger charge is 2.39. The van der Waals surface area contributed by atoms with Crippen molar-refractivity contribution in [3.63, 3.8) is 0 Å². The Morgan fingerprint density at radius 2 is 2.14 bits per heavy atom. The number of aliphatic hydroxyl groups excluding tert-OH is 1. The van der Waals surface area contributed by atoms with E-state index in [2.05, 4.69) is 15.2 Å². The number of hydrogen-bond acceptors (Lipinski definition) is 5. The number of carbonyl (C=O) groups is 1. The highest BCUT2D eigenvalue weighted by Crippen LogP contribution is 2.26. The standard InChI is InChI=1S/C16H23N3O3/c1-11-8-12(10-17-9-11)16(21)18-13-2-3-14(15(13)20)19-4-6-22-7-5-19/h8-10,13-15,20H,2-7H2,1H3,(H,18,21)/t13-,14-,15-/m1/s1. The third-order valence-electron chi connectivity index (χ3n) is 4.55. The molecule has 0 radical (unpaired) electrons. The number of nitrogens with one attached hydrogen (secondary N) is 1. The van der Waals surface area contributed by atoms with Crippen LogP contribution >= 0.6 is 0 Å². The number of carbonyl (C=O) groups excluding carboxylic acids is 1. The van der Waals surface area contributed by atoms with Gasteiger partial charge in [-0.2, -0.15) is 0 Å². The minimum absolute atomic E-state index is 0.116. The average Bonchev–Trinajstić information content (AvgIpc) is 2.89. The van der Waals surface area contributed by atoms with Gasteiger partial charge in [-0.3, -0.25) is 14.7 Å². The van der Waals surface area contributed by atoms with E-state index in [-0.39, 0.29) is 18.0 Å². The smallest absolute Gasteiger partial charge is 0.253 e. The van der Waals surface area contributed by atoms with Gasteiger partial charge < -0.3 is 15.2 Å². The average molecular weight is 305 g/mol. The first-order valence-corrected chi connectivity index (χ1v) is 7.87. The molecule has 120 valence electrons. The van der Waals surface area contributed by atoms with Gasteiger partial charge in [0.25, 0.3) is 5.91 Å². The molecule has 22 heavy (non-hydrogen) atoms. The van der Waals surface area contributed by atoms with Crippen LogP contribution in [0.3, 0.4) is 0 Å². The lowest BCUT2D eigenvalue weighted by atomic mass is 10.1. The number of hydrogen-bond donors (Lipinski definition) is 2. The van der Waals surface area contributed by atoms with Crippen LogP contribution in [0, 0.1) is 6.92 Å². The maximum absolute atomic E-state index is 12.3. The van der Waals surface area contributed by atoms with E-state index in [4.69, 9.17) is 4.74 Å². The van der Waals surface area contributed by atoms with E-state index < -0.39 is 6.10 Å². The molecule has 1 aromatic heterocycles. The lowest BCUT2D eigenvalue weighted by Crippen LogP contribution is -2.51. The molecule has 1 amide bonds.